The fourth-order valence-electron chi connectivity index (χ4n) is 1.42. The Balaban J connectivity index is 2.90. The molecule has 0 saturated heterocycles. The van der Waals surface area contributed by atoms with Crippen molar-refractivity contribution in [1.82, 2.24) is 0 Å². The van der Waals surface area contributed by atoms with Gasteiger partial charge in [-0.15, -0.1) is 11.3 Å². The molecule has 1 aromatic heterocycles. The van der Waals surface area contributed by atoms with Gasteiger partial charge in [-0.05, 0) is 6.07 Å². The van der Waals surface area contributed by atoms with Crippen LogP contribution in [0.4, 0.5) is 11.4 Å². The lowest BCUT2D eigenvalue weighted by Gasteiger charge is -2.05. The van der Waals surface area contributed by atoms with E-state index in [9.17, 15) is 30.1 Å². The summed E-state index contributed by atoms with van der Waals surface area (Å²) in [6.07, 6.45) is 0. The van der Waals surface area contributed by atoms with Crippen LogP contribution in [0.3, 0.4) is 0 Å². The number of nitro groups is 2. The molecule has 0 bridgehead atoms. The molecule has 0 amide bonds. The fourth-order valence-corrected chi connectivity index (χ4v) is 2.29. The zero-order valence-electron chi connectivity index (χ0n) is 8.48. The lowest BCUT2D eigenvalue weighted by atomic mass is 10.2. The van der Waals surface area contributed by atoms with Gasteiger partial charge in [0.2, 0.25) is 0 Å². The summed E-state index contributed by atoms with van der Waals surface area (Å²) in [5, 5.41) is 31.3. The molecule has 9 heteroatoms. The van der Waals surface area contributed by atoms with Crippen LogP contribution in [0.2, 0.25) is 0 Å². The van der Waals surface area contributed by atoms with Gasteiger partial charge in [-0.2, -0.15) is 0 Å². The Hall–Kier alpha value is -2.55. The molecule has 0 fully saturated rings. The van der Waals surface area contributed by atoms with Crippen LogP contribution < -0.4 is 10.5 Å². The second-order valence-corrected chi connectivity index (χ2v) is 4.28. The maximum atomic E-state index is 11.7. The fraction of sp³-hybridized carbons (Fsp3) is 0. The third-order valence-corrected chi connectivity index (χ3v) is 3.17. The Labute approximate surface area is 102 Å². The number of benzene rings is 1. The van der Waals surface area contributed by atoms with Crippen LogP contribution in [0.15, 0.2) is 23.0 Å². The topological polar surface area (TPSA) is 126 Å². The van der Waals surface area contributed by atoms with E-state index in [0.29, 0.717) is 11.3 Å². The van der Waals surface area contributed by atoms with Crippen LogP contribution in [-0.4, -0.2) is 9.85 Å². The number of hydrogen-bond acceptors (Lipinski definition) is 7. The predicted molar refractivity (Wildman–Crippen MR) is 60.8 cm³/mol. The summed E-state index contributed by atoms with van der Waals surface area (Å²) in [7, 11) is 0. The van der Waals surface area contributed by atoms with Crippen molar-refractivity contribution in [2.45, 2.75) is 0 Å². The Morgan fingerprint density at radius 1 is 1.11 bits per heavy atom. The van der Waals surface area contributed by atoms with Gasteiger partial charge in [-0.3, -0.25) is 25.0 Å². The van der Waals surface area contributed by atoms with Gasteiger partial charge in [-0.1, -0.05) is 0 Å². The van der Waals surface area contributed by atoms with Crippen LogP contribution in [0.25, 0.3) is 10.1 Å². The van der Waals surface area contributed by atoms with E-state index in [1.165, 1.54) is 6.07 Å². The Kier molecular flexibility index (Phi) is 2.67. The minimum atomic E-state index is -1.09. The zero-order chi connectivity index (χ0) is 13.4. The minimum Gasteiger partial charge on any atom is -0.860 e. The van der Waals surface area contributed by atoms with E-state index in [1.54, 1.807) is 0 Å². The molecule has 92 valence electrons. The summed E-state index contributed by atoms with van der Waals surface area (Å²) in [6, 6.07) is 3.29. The summed E-state index contributed by atoms with van der Waals surface area (Å²) >= 11 is 0.511. The van der Waals surface area contributed by atoms with Crippen molar-refractivity contribution in [3.63, 3.8) is 0 Å². The smallest absolute Gasteiger partial charge is 0.319 e. The highest BCUT2D eigenvalue weighted by molar-refractivity contribution is 7.20. The van der Waals surface area contributed by atoms with E-state index < -0.39 is 26.0 Å². The summed E-state index contributed by atoms with van der Waals surface area (Å²) < 4.78 is 0.182. The van der Waals surface area contributed by atoms with Crippen molar-refractivity contribution in [2.75, 3.05) is 0 Å². The third-order valence-electron chi connectivity index (χ3n) is 2.21. The lowest BCUT2D eigenvalue weighted by molar-refractivity contribution is -0.397. The van der Waals surface area contributed by atoms with E-state index in [1.807, 2.05) is 0 Å². The molecule has 2 aromatic rings. The van der Waals surface area contributed by atoms with Crippen LogP contribution >= 0.6 is 11.3 Å². The van der Waals surface area contributed by atoms with Gasteiger partial charge in [-0.25, -0.2) is 0 Å². The highest BCUT2D eigenvalue weighted by Crippen LogP contribution is 2.31. The average molecular weight is 267 g/mol. The number of fused-ring (bicyclic) bond motifs is 1. The SMILES string of the molecule is O=c1c([N+](=O)[O-])c([O-])sc2ccc([N+](=O)[O-])cc12. The minimum absolute atomic E-state index is 0.182. The van der Waals surface area contributed by atoms with Crippen molar-refractivity contribution in [3.8, 4) is 5.06 Å². The number of non-ortho nitro benzene ring substituents is 1. The molecule has 0 spiro atoms. The maximum absolute atomic E-state index is 11.7. The number of rotatable bonds is 2. The lowest BCUT2D eigenvalue weighted by Crippen LogP contribution is -2.11. The zero-order valence-corrected chi connectivity index (χ0v) is 9.30. The number of hydrogen-bond donors (Lipinski definition) is 0. The quantitative estimate of drug-likeness (QED) is 0.593. The number of nitrogens with zero attached hydrogens (tertiary/aromatic N) is 2. The second-order valence-electron chi connectivity index (χ2n) is 3.26. The second kappa shape index (κ2) is 4.04. The van der Waals surface area contributed by atoms with Crippen LogP contribution in [0, 0.1) is 20.2 Å². The molecule has 0 radical (unpaired) electrons. The van der Waals surface area contributed by atoms with Crippen LogP contribution in [0.5, 0.6) is 5.06 Å². The molecule has 18 heavy (non-hydrogen) atoms. The highest BCUT2D eigenvalue weighted by Gasteiger charge is 2.19. The van der Waals surface area contributed by atoms with E-state index in [4.69, 9.17) is 0 Å². The summed E-state index contributed by atoms with van der Waals surface area (Å²) in [6.45, 7) is 0. The Bertz CT molecular complexity index is 738. The standard InChI is InChI=1S/C9H4N2O6S/c12-8-5-3-4(10(14)15)1-2-6(5)18-9(13)7(8)11(16)17/h1-3,13H/p-1. The first-order valence-corrected chi connectivity index (χ1v) is 5.30. The van der Waals surface area contributed by atoms with Gasteiger partial charge < -0.3 is 5.11 Å². The molecule has 0 aliphatic carbocycles. The van der Waals surface area contributed by atoms with Gasteiger partial charge >= 0.3 is 5.69 Å². The monoisotopic (exact) mass is 267 g/mol. The van der Waals surface area contributed by atoms with Gasteiger partial charge in [0.1, 0.15) is 0 Å². The Morgan fingerprint density at radius 2 is 1.78 bits per heavy atom. The van der Waals surface area contributed by atoms with E-state index >= 15 is 0 Å². The highest BCUT2D eigenvalue weighted by atomic mass is 32.1. The van der Waals surface area contributed by atoms with Gasteiger partial charge in [0.15, 0.2) is 0 Å². The van der Waals surface area contributed by atoms with Crippen molar-refractivity contribution in [2.24, 2.45) is 0 Å². The summed E-state index contributed by atoms with van der Waals surface area (Å²) in [5.41, 5.74) is -2.53. The first kappa shape index (κ1) is 11.9. The van der Waals surface area contributed by atoms with E-state index in [2.05, 4.69) is 0 Å². The van der Waals surface area contributed by atoms with E-state index in [-0.39, 0.29) is 15.8 Å². The summed E-state index contributed by atoms with van der Waals surface area (Å²) in [4.78, 5) is 31.1. The maximum Gasteiger partial charge on any atom is 0.319 e. The largest absolute Gasteiger partial charge is 0.860 e. The molecule has 0 unspecified atom stereocenters. The molecule has 1 heterocycles. The van der Waals surface area contributed by atoms with Crippen molar-refractivity contribution in [1.29, 1.82) is 0 Å². The molecule has 0 aliphatic rings. The first-order chi connectivity index (χ1) is 8.41. The number of nitro benzene ring substituents is 1. The van der Waals surface area contributed by atoms with E-state index in [0.717, 1.165) is 12.1 Å². The molecule has 1 aromatic carbocycles. The van der Waals surface area contributed by atoms with Crippen LogP contribution in [0.1, 0.15) is 0 Å². The molecule has 2 rings (SSSR count). The molecular formula is C9H3N2O6S-. The van der Waals surface area contributed by atoms with Gasteiger partial charge in [0, 0.05) is 21.9 Å². The van der Waals surface area contributed by atoms with Gasteiger partial charge in [0.25, 0.3) is 11.1 Å². The van der Waals surface area contributed by atoms with Gasteiger partial charge in [0.05, 0.1) is 15.2 Å². The van der Waals surface area contributed by atoms with Crippen molar-refractivity contribution >= 4 is 32.8 Å². The molecule has 0 saturated carbocycles. The molecule has 0 atom stereocenters. The summed E-state index contributed by atoms with van der Waals surface area (Å²) in [5.74, 6) is 0. The Morgan fingerprint density at radius 3 is 2.33 bits per heavy atom. The normalized spacial score (nSPS) is 10.4. The third kappa shape index (κ3) is 1.76. The molecule has 8 nitrogen and oxygen atoms in total. The molecular weight excluding hydrogens is 264 g/mol. The first-order valence-electron chi connectivity index (χ1n) is 4.48. The van der Waals surface area contributed by atoms with Crippen LogP contribution in [-0.2, 0) is 0 Å². The van der Waals surface area contributed by atoms with Crippen molar-refractivity contribution < 1.29 is 15.0 Å². The molecule has 0 aliphatic heterocycles. The average Bonchev–Trinajstić information content (AvgIpc) is 2.27. The van der Waals surface area contributed by atoms with Crippen molar-refractivity contribution in [3.05, 3.63) is 48.7 Å². The molecule has 0 N–H and O–H groups in total. The predicted octanol–water partition coefficient (Wildman–Crippen LogP) is 1.15.